The molecule has 0 aromatic heterocycles. The van der Waals surface area contributed by atoms with Gasteiger partial charge in [0.2, 0.25) is 0 Å². The number of hydrogen-bond acceptors (Lipinski definition) is 2. The number of Topliss-reactive ketones (excluding diaryl/α,β-unsaturated/α-hetero) is 1. The van der Waals surface area contributed by atoms with Crippen LogP contribution in [0.5, 0.6) is 0 Å². The second kappa shape index (κ2) is 1.71. The van der Waals surface area contributed by atoms with Crippen LogP contribution in [-0.4, -0.2) is 34.0 Å². The second-order valence-electron chi connectivity index (χ2n) is 2.85. The Hall–Kier alpha value is -1.06. The van der Waals surface area contributed by atoms with Crippen molar-refractivity contribution in [3.63, 3.8) is 0 Å². The van der Waals surface area contributed by atoms with Gasteiger partial charge in [0.25, 0.3) is 0 Å². The van der Waals surface area contributed by atoms with E-state index >= 15 is 0 Å². The molecular formula is C6H9NO3. The molecule has 0 spiro atoms. The first-order chi connectivity index (χ1) is 4.46. The van der Waals surface area contributed by atoms with E-state index in [0.29, 0.717) is 0 Å². The zero-order chi connectivity index (χ0) is 7.94. The maximum Gasteiger partial charge on any atom is 0.408 e. The van der Waals surface area contributed by atoms with Crippen LogP contribution in [0.2, 0.25) is 0 Å². The molecule has 1 rings (SSSR count). The third-order valence-corrected chi connectivity index (χ3v) is 1.89. The summed E-state index contributed by atoms with van der Waals surface area (Å²) in [6, 6.07) is 0. The first kappa shape index (κ1) is 7.05. The molecule has 1 heterocycles. The smallest absolute Gasteiger partial charge is 0.408 e. The average Bonchev–Trinajstić information content (AvgIpc) is 1.82. The Morgan fingerprint density at radius 3 is 2.30 bits per heavy atom. The van der Waals surface area contributed by atoms with Crippen molar-refractivity contribution in [3.8, 4) is 0 Å². The topological polar surface area (TPSA) is 57.6 Å². The van der Waals surface area contributed by atoms with Gasteiger partial charge in [0.1, 0.15) is 5.54 Å². The van der Waals surface area contributed by atoms with Crippen LogP contribution < -0.4 is 0 Å². The van der Waals surface area contributed by atoms with E-state index in [1.54, 1.807) is 13.8 Å². The molecule has 1 amide bonds. The predicted octanol–water partition coefficient (Wildman–Crippen LogP) is 0.328. The molecule has 0 radical (unpaired) electrons. The molecule has 4 heteroatoms. The summed E-state index contributed by atoms with van der Waals surface area (Å²) in [4.78, 5) is 22.2. The average molecular weight is 143 g/mol. The van der Waals surface area contributed by atoms with Crippen LogP contribution >= 0.6 is 0 Å². The molecule has 4 nitrogen and oxygen atoms in total. The normalized spacial score (nSPS) is 22.2. The monoisotopic (exact) mass is 143 g/mol. The molecule has 1 aliphatic heterocycles. The predicted molar refractivity (Wildman–Crippen MR) is 33.8 cm³/mol. The van der Waals surface area contributed by atoms with Gasteiger partial charge in [-0.25, -0.2) is 4.79 Å². The van der Waals surface area contributed by atoms with Gasteiger partial charge in [-0.2, -0.15) is 0 Å². The van der Waals surface area contributed by atoms with Gasteiger partial charge < -0.3 is 5.11 Å². The van der Waals surface area contributed by atoms with Gasteiger partial charge in [0.05, 0.1) is 6.54 Å². The standard InChI is InChI=1S/C6H9NO3/c1-6(2)4(8)3-7(6)5(9)10/h3H2,1-2H3,(H,9,10). The molecule has 1 fully saturated rings. The van der Waals surface area contributed by atoms with E-state index < -0.39 is 11.6 Å². The quantitative estimate of drug-likeness (QED) is 0.531. The third kappa shape index (κ3) is 0.683. The summed E-state index contributed by atoms with van der Waals surface area (Å²) in [5, 5.41) is 8.46. The summed E-state index contributed by atoms with van der Waals surface area (Å²) < 4.78 is 0. The molecule has 0 saturated carbocycles. The SMILES string of the molecule is CC1(C)C(=O)CN1C(=O)O. The molecule has 0 atom stereocenters. The van der Waals surface area contributed by atoms with E-state index in [9.17, 15) is 9.59 Å². The molecule has 0 aromatic carbocycles. The molecule has 0 bridgehead atoms. The first-order valence-electron chi connectivity index (χ1n) is 3.00. The zero-order valence-corrected chi connectivity index (χ0v) is 5.92. The van der Waals surface area contributed by atoms with Crippen molar-refractivity contribution in [2.24, 2.45) is 0 Å². The number of likely N-dealkylation sites (tertiary alicyclic amines) is 1. The molecular weight excluding hydrogens is 134 g/mol. The Bertz CT molecular complexity index is 197. The van der Waals surface area contributed by atoms with E-state index in [1.165, 1.54) is 0 Å². The molecule has 1 saturated heterocycles. The lowest BCUT2D eigenvalue weighted by Crippen LogP contribution is -2.66. The molecule has 1 aliphatic rings. The highest BCUT2D eigenvalue weighted by Gasteiger charge is 2.48. The molecule has 0 aromatic rings. The van der Waals surface area contributed by atoms with Crippen LogP contribution in [0.15, 0.2) is 0 Å². The fourth-order valence-corrected chi connectivity index (χ4v) is 0.901. The van der Waals surface area contributed by atoms with Gasteiger partial charge in [-0.1, -0.05) is 0 Å². The summed E-state index contributed by atoms with van der Waals surface area (Å²) in [5.41, 5.74) is -0.786. The Morgan fingerprint density at radius 2 is 2.20 bits per heavy atom. The van der Waals surface area contributed by atoms with E-state index in [1.807, 2.05) is 0 Å². The number of ketones is 1. The van der Waals surface area contributed by atoms with Gasteiger partial charge in [-0.3, -0.25) is 9.69 Å². The fourth-order valence-electron chi connectivity index (χ4n) is 0.901. The zero-order valence-electron chi connectivity index (χ0n) is 5.92. The Labute approximate surface area is 58.4 Å². The molecule has 56 valence electrons. The van der Waals surface area contributed by atoms with Crippen molar-refractivity contribution < 1.29 is 14.7 Å². The second-order valence-corrected chi connectivity index (χ2v) is 2.85. The van der Waals surface area contributed by atoms with Crippen molar-refractivity contribution in [1.29, 1.82) is 0 Å². The number of hydrogen-bond donors (Lipinski definition) is 1. The first-order valence-corrected chi connectivity index (χ1v) is 3.00. The highest BCUT2D eigenvalue weighted by molar-refractivity contribution is 6.00. The van der Waals surface area contributed by atoms with Gasteiger partial charge in [0.15, 0.2) is 5.78 Å². The molecule has 0 aliphatic carbocycles. The largest absolute Gasteiger partial charge is 0.465 e. The number of carbonyl (C=O) groups excluding carboxylic acids is 1. The van der Waals surface area contributed by atoms with Gasteiger partial charge in [-0.15, -0.1) is 0 Å². The number of carboxylic acid groups (broad SMARTS) is 1. The maximum atomic E-state index is 10.8. The van der Waals surface area contributed by atoms with Crippen molar-refractivity contribution in [3.05, 3.63) is 0 Å². The van der Waals surface area contributed by atoms with Crippen LogP contribution in [0.3, 0.4) is 0 Å². The lowest BCUT2D eigenvalue weighted by molar-refractivity contribution is -0.141. The summed E-state index contributed by atoms with van der Waals surface area (Å²) in [6.07, 6.45) is -1.02. The van der Waals surface area contributed by atoms with Gasteiger partial charge >= 0.3 is 6.09 Å². The van der Waals surface area contributed by atoms with Gasteiger partial charge in [0, 0.05) is 0 Å². The molecule has 1 N–H and O–H groups in total. The van der Waals surface area contributed by atoms with Crippen LogP contribution in [0, 0.1) is 0 Å². The number of carbonyl (C=O) groups is 2. The van der Waals surface area contributed by atoms with Crippen LogP contribution in [0.4, 0.5) is 4.79 Å². The van der Waals surface area contributed by atoms with Crippen molar-refractivity contribution >= 4 is 11.9 Å². The molecule has 10 heavy (non-hydrogen) atoms. The third-order valence-electron chi connectivity index (χ3n) is 1.89. The van der Waals surface area contributed by atoms with Crippen LogP contribution in [0.1, 0.15) is 13.8 Å². The Balaban J connectivity index is 2.72. The molecule has 0 unspecified atom stereocenters. The Morgan fingerprint density at radius 1 is 1.70 bits per heavy atom. The summed E-state index contributed by atoms with van der Waals surface area (Å²) in [6.45, 7) is 3.25. The van der Waals surface area contributed by atoms with E-state index in [2.05, 4.69) is 0 Å². The summed E-state index contributed by atoms with van der Waals surface area (Å²) in [7, 11) is 0. The van der Waals surface area contributed by atoms with Crippen molar-refractivity contribution in [2.45, 2.75) is 19.4 Å². The minimum Gasteiger partial charge on any atom is -0.465 e. The maximum absolute atomic E-state index is 10.8. The minimum absolute atomic E-state index is 0.0186. The summed E-state index contributed by atoms with van der Waals surface area (Å²) in [5.74, 6) is -0.0186. The summed E-state index contributed by atoms with van der Waals surface area (Å²) >= 11 is 0. The van der Waals surface area contributed by atoms with Gasteiger partial charge in [-0.05, 0) is 13.8 Å². The van der Waals surface area contributed by atoms with Crippen molar-refractivity contribution in [2.75, 3.05) is 6.54 Å². The lowest BCUT2D eigenvalue weighted by Gasteiger charge is -2.43. The highest BCUT2D eigenvalue weighted by atomic mass is 16.4. The van der Waals surface area contributed by atoms with Crippen LogP contribution in [-0.2, 0) is 4.79 Å². The lowest BCUT2D eigenvalue weighted by atomic mass is 9.88. The number of nitrogens with zero attached hydrogens (tertiary/aromatic N) is 1. The highest BCUT2D eigenvalue weighted by Crippen LogP contribution is 2.25. The fraction of sp³-hybridized carbons (Fsp3) is 0.667. The van der Waals surface area contributed by atoms with E-state index in [-0.39, 0.29) is 12.3 Å². The van der Waals surface area contributed by atoms with E-state index in [4.69, 9.17) is 5.11 Å². The van der Waals surface area contributed by atoms with E-state index in [0.717, 1.165) is 4.90 Å². The van der Waals surface area contributed by atoms with Crippen molar-refractivity contribution in [1.82, 2.24) is 4.90 Å². The minimum atomic E-state index is -1.02. The van der Waals surface area contributed by atoms with Crippen LogP contribution in [0.25, 0.3) is 0 Å². The number of rotatable bonds is 0. The number of amides is 1. The Kier molecular flexibility index (Phi) is 1.21.